The van der Waals surface area contributed by atoms with Crippen LogP contribution in [0.15, 0.2) is 84.0 Å². The van der Waals surface area contributed by atoms with Crippen LogP contribution in [0.2, 0.25) is 0 Å². The van der Waals surface area contributed by atoms with Crippen LogP contribution < -0.4 is 10.2 Å². The lowest BCUT2D eigenvalue weighted by Gasteiger charge is -2.34. The van der Waals surface area contributed by atoms with Gasteiger partial charge in [-0.15, -0.1) is 0 Å². The molecule has 1 aliphatic rings. The maximum atomic E-state index is 14.0. The van der Waals surface area contributed by atoms with E-state index in [1.165, 1.54) is 4.90 Å². The van der Waals surface area contributed by atoms with E-state index < -0.39 is 23.6 Å². The van der Waals surface area contributed by atoms with Crippen LogP contribution in [0.1, 0.15) is 59.6 Å². The second-order valence-electron chi connectivity index (χ2n) is 9.15. The molecule has 2 amide bonds. The number of amides is 2. The molecule has 0 aromatic heterocycles. The molecular weight excluding hydrogens is 466 g/mol. The molecule has 0 radical (unpaired) electrons. The number of nitrogens with one attached hydrogen (secondary N) is 1. The van der Waals surface area contributed by atoms with E-state index in [9.17, 15) is 19.9 Å². The number of hydrogen-bond donors (Lipinski definition) is 1. The van der Waals surface area contributed by atoms with Gasteiger partial charge in [-0.25, -0.2) is 0 Å². The first-order valence-corrected chi connectivity index (χ1v) is 12.4. The fraction of sp³-hybridized carbons (Fsp3) is 0.276. The van der Waals surface area contributed by atoms with Crippen molar-refractivity contribution in [1.29, 1.82) is 0 Å². The van der Waals surface area contributed by atoms with Crippen LogP contribution in [-0.4, -0.2) is 23.6 Å². The normalized spacial score (nSPS) is 14.2. The Bertz CT molecular complexity index is 1330. The molecule has 1 N–H and O–H groups in total. The Balaban J connectivity index is 1.88. The predicted octanol–water partition coefficient (Wildman–Crippen LogP) is 6.34. The number of azide groups is 1. The van der Waals surface area contributed by atoms with Crippen molar-refractivity contribution in [1.82, 2.24) is 5.32 Å². The van der Waals surface area contributed by atoms with Gasteiger partial charge in [0.1, 0.15) is 6.04 Å². The Hall–Kier alpha value is -4.42. The quantitative estimate of drug-likeness (QED) is 0.129. The SMILES string of the molecule is Cc1ccccc1N(C(=O)C(=O)c1ccccc1)C(C(=O)NC1CCCCC1)c1ccccc1N=[N+]=[N-]. The molecule has 8 nitrogen and oxygen atoms in total. The molecule has 1 atom stereocenters. The molecule has 1 saturated carbocycles. The van der Waals surface area contributed by atoms with Gasteiger partial charge in [-0.05, 0) is 42.5 Å². The van der Waals surface area contributed by atoms with Gasteiger partial charge in [0.05, 0.1) is 0 Å². The molecule has 0 heterocycles. The lowest BCUT2D eigenvalue weighted by atomic mass is 9.94. The Morgan fingerprint density at radius 1 is 0.919 bits per heavy atom. The molecular formula is C29H29N5O3. The van der Waals surface area contributed by atoms with E-state index in [2.05, 4.69) is 15.3 Å². The summed E-state index contributed by atoms with van der Waals surface area (Å²) in [5.41, 5.74) is 11.1. The zero-order valence-corrected chi connectivity index (χ0v) is 20.7. The maximum Gasteiger partial charge on any atom is 0.300 e. The van der Waals surface area contributed by atoms with Gasteiger partial charge in [-0.1, -0.05) is 97.2 Å². The van der Waals surface area contributed by atoms with Gasteiger partial charge in [-0.3, -0.25) is 19.3 Å². The maximum absolute atomic E-state index is 14.0. The Kier molecular flexibility index (Phi) is 8.33. The molecule has 1 fully saturated rings. The summed E-state index contributed by atoms with van der Waals surface area (Å²) in [7, 11) is 0. The van der Waals surface area contributed by atoms with Crippen molar-refractivity contribution >= 4 is 29.0 Å². The molecule has 0 aliphatic heterocycles. The molecule has 4 rings (SSSR count). The molecule has 0 saturated heterocycles. The highest BCUT2D eigenvalue weighted by Gasteiger charge is 2.38. The van der Waals surface area contributed by atoms with Gasteiger partial charge >= 0.3 is 0 Å². The molecule has 3 aromatic rings. The van der Waals surface area contributed by atoms with Crippen LogP contribution in [-0.2, 0) is 9.59 Å². The molecule has 37 heavy (non-hydrogen) atoms. The van der Waals surface area contributed by atoms with Crippen LogP contribution in [0.3, 0.4) is 0 Å². The fourth-order valence-electron chi connectivity index (χ4n) is 4.80. The van der Waals surface area contributed by atoms with Gasteiger partial charge in [-0.2, -0.15) is 0 Å². The van der Waals surface area contributed by atoms with Crippen molar-refractivity contribution in [3.05, 3.63) is 106 Å². The summed E-state index contributed by atoms with van der Waals surface area (Å²) in [5, 5.41) is 6.91. The van der Waals surface area contributed by atoms with E-state index in [1.54, 1.807) is 66.7 Å². The average molecular weight is 496 g/mol. The zero-order valence-electron chi connectivity index (χ0n) is 20.7. The monoisotopic (exact) mass is 495 g/mol. The van der Waals surface area contributed by atoms with E-state index >= 15 is 0 Å². The molecule has 1 unspecified atom stereocenters. The highest BCUT2D eigenvalue weighted by Crippen LogP contribution is 2.36. The molecule has 0 spiro atoms. The summed E-state index contributed by atoms with van der Waals surface area (Å²) in [6.45, 7) is 1.82. The number of para-hydroxylation sites is 1. The standard InChI is InChI=1S/C29H29N5O3/c1-20-12-8-11-19-25(20)34(29(37)27(35)21-13-4-2-5-14-21)26(23-17-9-10-18-24(23)32-33-30)28(36)31-22-15-6-3-7-16-22/h2,4-5,8-14,17-19,22,26H,3,6-7,15-16H2,1H3,(H,31,36). The van der Waals surface area contributed by atoms with Gasteiger partial charge in [0.15, 0.2) is 0 Å². The summed E-state index contributed by atoms with van der Waals surface area (Å²) in [4.78, 5) is 45.6. The number of benzene rings is 3. The van der Waals surface area contributed by atoms with Crippen LogP contribution >= 0.6 is 0 Å². The molecule has 3 aromatic carbocycles. The number of nitrogens with zero attached hydrogens (tertiary/aromatic N) is 4. The van der Waals surface area contributed by atoms with E-state index in [0.29, 0.717) is 16.8 Å². The number of ketones is 1. The molecule has 0 bridgehead atoms. The number of hydrogen-bond acceptors (Lipinski definition) is 4. The highest BCUT2D eigenvalue weighted by atomic mass is 16.2. The minimum absolute atomic E-state index is 0.0333. The summed E-state index contributed by atoms with van der Waals surface area (Å²) < 4.78 is 0. The van der Waals surface area contributed by atoms with E-state index in [1.807, 2.05) is 19.1 Å². The van der Waals surface area contributed by atoms with Crippen LogP contribution in [0.5, 0.6) is 0 Å². The van der Waals surface area contributed by atoms with Crippen molar-refractivity contribution < 1.29 is 14.4 Å². The smallest absolute Gasteiger partial charge is 0.300 e. The molecule has 1 aliphatic carbocycles. The number of carbonyl (C=O) groups is 3. The number of aryl methyl sites for hydroxylation is 1. The third-order valence-corrected chi connectivity index (χ3v) is 6.67. The largest absolute Gasteiger partial charge is 0.351 e. The Labute approximate surface area is 215 Å². The molecule has 8 heteroatoms. The van der Waals surface area contributed by atoms with Crippen LogP contribution in [0.25, 0.3) is 10.4 Å². The fourth-order valence-corrected chi connectivity index (χ4v) is 4.80. The average Bonchev–Trinajstić information content (AvgIpc) is 2.93. The zero-order chi connectivity index (χ0) is 26.2. The second kappa shape index (κ2) is 12.0. The minimum atomic E-state index is -1.23. The summed E-state index contributed by atoms with van der Waals surface area (Å²) in [6.07, 6.45) is 4.83. The topological polar surface area (TPSA) is 115 Å². The minimum Gasteiger partial charge on any atom is -0.351 e. The van der Waals surface area contributed by atoms with E-state index in [4.69, 9.17) is 0 Å². The van der Waals surface area contributed by atoms with E-state index in [-0.39, 0.29) is 17.3 Å². The second-order valence-corrected chi connectivity index (χ2v) is 9.15. The van der Waals surface area contributed by atoms with Crippen molar-refractivity contribution in [2.45, 2.75) is 51.1 Å². The Morgan fingerprint density at radius 3 is 2.27 bits per heavy atom. The van der Waals surface area contributed by atoms with Gasteiger partial charge in [0, 0.05) is 27.9 Å². The lowest BCUT2D eigenvalue weighted by Crippen LogP contribution is -2.49. The third kappa shape index (κ3) is 5.88. The highest BCUT2D eigenvalue weighted by molar-refractivity contribution is 6.47. The third-order valence-electron chi connectivity index (χ3n) is 6.67. The Morgan fingerprint density at radius 2 is 1.57 bits per heavy atom. The summed E-state index contributed by atoms with van der Waals surface area (Å²) >= 11 is 0. The number of anilines is 1. The van der Waals surface area contributed by atoms with Gasteiger partial charge < -0.3 is 5.32 Å². The summed E-state index contributed by atoms with van der Waals surface area (Å²) in [6, 6.07) is 20.8. The molecule has 188 valence electrons. The van der Waals surface area contributed by atoms with E-state index in [0.717, 1.165) is 32.1 Å². The van der Waals surface area contributed by atoms with Crippen molar-refractivity contribution in [2.75, 3.05) is 4.90 Å². The first-order valence-electron chi connectivity index (χ1n) is 12.4. The first-order chi connectivity index (χ1) is 18.0. The van der Waals surface area contributed by atoms with Crippen molar-refractivity contribution in [2.24, 2.45) is 5.11 Å². The number of Topliss-reactive ketones (excluding diaryl/α,β-unsaturated/α-hetero) is 1. The number of carbonyl (C=O) groups excluding carboxylic acids is 3. The number of rotatable bonds is 8. The van der Waals surface area contributed by atoms with Crippen molar-refractivity contribution in [3.63, 3.8) is 0 Å². The predicted molar refractivity (Wildman–Crippen MR) is 142 cm³/mol. The lowest BCUT2D eigenvalue weighted by molar-refractivity contribution is -0.126. The van der Waals surface area contributed by atoms with Gasteiger partial charge in [0.25, 0.3) is 11.7 Å². The summed E-state index contributed by atoms with van der Waals surface area (Å²) in [5.74, 6) is -2.01. The van der Waals surface area contributed by atoms with Crippen molar-refractivity contribution in [3.8, 4) is 0 Å². The van der Waals surface area contributed by atoms with Gasteiger partial charge in [0.2, 0.25) is 5.91 Å². The van der Waals surface area contributed by atoms with Crippen LogP contribution in [0, 0.1) is 6.92 Å². The van der Waals surface area contributed by atoms with Crippen LogP contribution in [0.4, 0.5) is 11.4 Å². The first kappa shape index (κ1) is 25.7.